The molecule has 0 aliphatic rings. The highest BCUT2D eigenvalue weighted by Crippen LogP contribution is 2.16. The van der Waals surface area contributed by atoms with Gasteiger partial charge in [-0.25, -0.2) is 4.79 Å². The van der Waals surface area contributed by atoms with Crippen LogP contribution in [0.3, 0.4) is 0 Å². The third-order valence-corrected chi connectivity index (χ3v) is 3.79. The Morgan fingerprint density at radius 2 is 1.73 bits per heavy atom. The molecule has 114 valence electrons. The zero-order valence-corrected chi connectivity index (χ0v) is 13.1. The molecule has 0 fully saturated rings. The Hall–Kier alpha value is -2.34. The summed E-state index contributed by atoms with van der Waals surface area (Å²) in [5.41, 5.74) is 1.08. The average Bonchev–Trinajstić information content (AvgIpc) is 2.49. The van der Waals surface area contributed by atoms with Crippen molar-refractivity contribution < 1.29 is 19.8 Å². The lowest BCUT2D eigenvalue weighted by Crippen LogP contribution is -2.42. The molecule has 2 aromatic rings. The van der Waals surface area contributed by atoms with Crippen LogP contribution < -0.4 is 5.32 Å². The van der Waals surface area contributed by atoms with Gasteiger partial charge in [-0.1, -0.05) is 24.3 Å². The number of rotatable bonds is 5. The molecule has 22 heavy (non-hydrogen) atoms. The molecule has 0 aliphatic heterocycles. The van der Waals surface area contributed by atoms with Gasteiger partial charge in [0, 0.05) is 10.9 Å². The van der Waals surface area contributed by atoms with E-state index >= 15 is 0 Å². The maximum Gasteiger partial charge on any atom is 0.326 e. The SMILES string of the molecule is O=C(N[C@@H](Cc1ccc(O)cc1)C(=O)O)c1ccccc1Br. The summed E-state index contributed by atoms with van der Waals surface area (Å²) < 4.78 is 0.598. The van der Waals surface area contributed by atoms with Crippen molar-refractivity contribution in [2.45, 2.75) is 12.5 Å². The molecule has 0 spiro atoms. The molecular weight excluding hydrogens is 350 g/mol. The van der Waals surface area contributed by atoms with Gasteiger partial charge in [-0.05, 0) is 45.8 Å². The van der Waals surface area contributed by atoms with Crippen LogP contribution in [0, 0.1) is 0 Å². The third-order valence-electron chi connectivity index (χ3n) is 3.10. The van der Waals surface area contributed by atoms with Gasteiger partial charge in [-0.3, -0.25) is 4.79 Å². The molecule has 0 heterocycles. The maximum absolute atomic E-state index is 12.2. The van der Waals surface area contributed by atoms with Crippen molar-refractivity contribution in [2.24, 2.45) is 0 Å². The minimum Gasteiger partial charge on any atom is -0.508 e. The predicted octanol–water partition coefficient (Wildman–Crippen LogP) is 2.58. The fourth-order valence-electron chi connectivity index (χ4n) is 1.95. The van der Waals surface area contributed by atoms with Crippen molar-refractivity contribution in [1.29, 1.82) is 0 Å². The highest BCUT2D eigenvalue weighted by atomic mass is 79.9. The van der Waals surface area contributed by atoms with E-state index in [9.17, 15) is 19.8 Å². The molecule has 0 aromatic heterocycles. The third kappa shape index (κ3) is 4.08. The number of carbonyl (C=O) groups excluding carboxylic acids is 1. The maximum atomic E-state index is 12.2. The molecule has 0 bridgehead atoms. The van der Waals surface area contributed by atoms with E-state index < -0.39 is 17.9 Å². The number of carboxylic acids is 1. The second-order valence-electron chi connectivity index (χ2n) is 4.71. The molecule has 1 atom stereocenters. The average molecular weight is 364 g/mol. The quantitative estimate of drug-likeness (QED) is 0.761. The number of phenolic OH excluding ortho intramolecular Hbond substituents is 1. The molecule has 0 saturated carbocycles. The van der Waals surface area contributed by atoms with Gasteiger partial charge in [0.05, 0.1) is 5.56 Å². The van der Waals surface area contributed by atoms with Gasteiger partial charge < -0.3 is 15.5 Å². The molecule has 5 nitrogen and oxygen atoms in total. The Bertz CT molecular complexity index is 685. The topological polar surface area (TPSA) is 86.6 Å². The van der Waals surface area contributed by atoms with Crippen molar-refractivity contribution in [3.05, 3.63) is 64.1 Å². The predicted molar refractivity (Wildman–Crippen MR) is 84.8 cm³/mol. The normalized spacial score (nSPS) is 11.7. The fraction of sp³-hybridized carbons (Fsp3) is 0.125. The molecule has 0 saturated heterocycles. The fourth-order valence-corrected chi connectivity index (χ4v) is 2.41. The number of amides is 1. The Morgan fingerprint density at radius 1 is 1.09 bits per heavy atom. The van der Waals surface area contributed by atoms with Crippen molar-refractivity contribution in [1.82, 2.24) is 5.32 Å². The molecule has 0 aliphatic carbocycles. The van der Waals surface area contributed by atoms with Crippen LogP contribution >= 0.6 is 15.9 Å². The second-order valence-corrected chi connectivity index (χ2v) is 5.57. The van der Waals surface area contributed by atoms with Gasteiger partial charge in [-0.2, -0.15) is 0 Å². The van der Waals surface area contributed by atoms with E-state index in [-0.39, 0.29) is 12.2 Å². The van der Waals surface area contributed by atoms with E-state index in [1.165, 1.54) is 12.1 Å². The van der Waals surface area contributed by atoms with Crippen LogP contribution in [0.1, 0.15) is 15.9 Å². The minimum absolute atomic E-state index is 0.105. The first-order chi connectivity index (χ1) is 10.5. The van der Waals surface area contributed by atoms with E-state index in [0.717, 1.165) is 0 Å². The molecular formula is C16H14BrNO4. The molecule has 0 radical (unpaired) electrons. The van der Waals surface area contributed by atoms with Crippen molar-refractivity contribution >= 4 is 27.8 Å². The number of carbonyl (C=O) groups is 2. The van der Waals surface area contributed by atoms with E-state index in [0.29, 0.717) is 15.6 Å². The number of halogens is 1. The summed E-state index contributed by atoms with van der Waals surface area (Å²) in [6.45, 7) is 0. The molecule has 1 amide bonds. The van der Waals surface area contributed by atoms with Crippen LogP contribution in [0.15, 0.2) is 53.0 Å². The van der Waals surface area contributed by atoms with Crippen LogP contribution in [0.5, 0.6) is 5.75 Å². The first kappa shape index (κ1) is 16.0. The van der Waals surface area contributed by atoms with E-state index in [2.05, 4.69) is 21.2 Å². The lowest BCUT2D eigenvalue weighted by atomic mass is 10.1. The van der Waals surface area contributed by atoms with Crippen LogP contribution in [0.25, 0.3) is 0 Å². The van der Waals surface area contributed by atoms with E-state index in [1.54, 1.807) is 36.4 Å². The van der Waals surface area contributed by atoms with E-state index in [4.69, 9.17) is 0 Å². The lowest BCUT2D eigenvalue weighted by Gasteiger charge is -2.15. The summed E-state index contributed by atoms with van der Waals surface area (Å²) in [6.07, 6.45) is 0.131. The number of carboxylic acid groups (broad SMARTS) is 1. The number of benzene rings is 2. The highest BCUT2D eigenvalue weighted by Gasteiger charge is 2.22. The molecule has 3 N–H and O–H groups in total. The number of aliphatic carboxylic acids is 1. The first-order valence-electron chi connectivity index (χ1n) is 6.53. The monoisotopic (exact) mass is 363 g/mol. The lowest BCUT2D eigenvalue weighted by molar-refractivity contribution is -0.139. The summed E-state index contributed by atoms with van der Waals surface area (Å²) in [4.78, 5) is 23.5. The van der Waals surface area contributed by atoms with Crippen LogP contribution in [-0.4, -0.2) is 28.1 Å². The van der Waals surface area contributed by atoms with Gasteiger partial charge in [0.1, 0.15) is 11.8 Å². The number of phenols is 1. The second kappa shape index (κ2) is 7.09. The summed E-state index contributed by atoms with van der Waals surface area (Å²) in [6, 6.07) is 11.9. The van der Waals surface area contributed by atoms with Gasteiger partial charge in [-0.15, -0.1) is 0 Å². The van der Waals surface area contributed by atoms with Crippen molar-refractivity contribution in [2.75, 3.05) is 0 Å². The largest absolute Gasteiger partial charge is 0.508 e. The van der Waals surface area contributed by atoms with Crippen LogP contribution in [-0.2, 0) is 11.2 Å². The smallest absolute Gasteiger partial charge is 0.326 e. The van der Waals surface area contributed by atoms with Gasteiger partial charge >= 0.3 is 5.97 Å². The van der Waals surface area contributed by atoms with Crippen molar-refractivity contribution in [3.8, 4) is 5.75 Å². The van der Waals surface area contributed by atoms with Gasteiger partial charge in [0.25, 0.3) is 5.91 Å². The van der Waals surface area contributed by atoms with E-state index in [1.807, 2.05) is 0 Å². The van der Waals surface area contributed by atoms with Crippen molar-refractivity contribution in [3.63, 3.8) is 0 Å². The summed E-state index contributed by atoms with van der Waals surface area (Å²) in [5.74, 6) is -1.47. The molecule has 6 heteroatoms. The summed E-state index contributed by atoms with van der Waals surface area (Å²) >= 11 is 3.26. The van der Waals surface area contributed by atoms with Crippen LogP contribution in [0.2, 0.25) is 0 Å². The Labute approximate surface area is 135 Å². The molecule has 2 rings (SSSR count). The van der Waals surface area contributed by atoms with Crippen LogP contribution in [0.4, 0.5) is 0 Å². The number of hydrogen-bond donors (Lipinski definition) is 3. The number of hydrogen-bond acceptors (Lipinski definition) is 3. The zero-order valence-electron chi connectivity index (χ0n) is 11.5. The summed E-state index contributed by atoms with van der Waals surface area (Å²) in [7, 11) is 0. The highest BCUT2D eigenvalue weighted by molar-refractivity contribution is 9.10. The first-order valence-corrected chi connectivity index (χ1v) is 7.33. The Kier molecular flexibility index (Phi) is 5.16. The standard InChI is InChI=1S/C16H14BrNO4/c17-13-4-2-1-3-12(13)15(20)18-14(16(21)22)9-10-5-7-11(19)8-6-10/h1-8,14,19H,9H2,(H,18,20)(H,21,22)/t14-/m0/s1. The minimum atomic E-state index is -1.12. The van der Waals surface area contributed by atoms with Gasteiger partial charge in [0.15, 0.2) is 0 Å². The summed E-state index contributed by atoms with van der Waals surface area (Å²) in [5, 5.41) is 21.0. The zero-order chi connectivity index (χ0) is 16.1. The molecule has 2 aromatic carbocycles. The Morgan fingerprint density at radius 3 is 2.32 bits per heavy atom. The Balaban J connectivity index is 2.12. The number of aromatic hydroxyl groups is 1. The molecule has 0 unspecified atom stereocenters. The number of nitrogens with one attached hydrogen (secondary N) is 1. The van der Waals surface area contributed by atoms with Gasteiger partial charge in [0.2, 0.25) is 0 Å².